The molecule has 19 heavy (non-hydrogen) atoms. The third-order valence-corrected chi connectivity index (χ3v) is 4.03. The van der Waals surface area contributed by atoms with Crippen molar-refractivity contribution in [1.82, 2.24) is 0 Å². The number of thioether (sulfide) groups is 1. The summed E-state index contributed by atoms with van der Waals surface area (Å²) >= 11 is 1.53. The molecule has 0 atom stereocenters. The summed E-state index contributed by atoms with van der Waals surface area (Å²) in [6.45, 7) is 6.03. The molecule has 0 aliphatic carbocycles. The number of hydrogen-bond donors (Lipinski definition) is 0. The zero-order valence-corrected chi connectivity index (χ0v) is 12.3. The Morgan fingerprint density at radius 3 is 2.53 bits per heavy atom. The van der Waals surface area contributed by atoms with Gasteiger partial charge in [0.2, 0.25) is 0 Å². The average molecular weight is 274 g/mol. The van der Waals surface area contributed by atoms with Crippen molar-refractivity contribution in [3.8, 4) is 0 Å². The Hall–Kier alpha value is -1.48. The van der Waals surface area contributed by atoms with Crippen molar-refractivity contribution in [1.29, 1.82) is 0 Å². The summed E-state index contributed by atoms with van der Waals surface area (Å²) in [5.74, 6) is -0.173. The number of ether oxygens (including phenoxy) is 1. The standard InChI is InChI=1S/C16H18O2S/c1-4-18-15(17)16(2,3)19-14-10-9-12-7-5-6-8-13(12)11-14/h5-11H,4H2,1-3H3. The molecule has 2 rings (SSSR count). The van der Waals surface area contributed by atoms with Crippen LogP contribution in [0.25, 0.3) is 10.8 Å². The van der Waals surface area contributed by atoms with Crippen LogP contribution in [0.2, 0.25) is 0 Å². The zero-order valence-electron chi connectivity index (χ0n) is 11.5. The third kappa shape index (κ3) is 3.29. The number of benzene rings is 2. The van der Waals surface area contributed by atoms with E-state index in [0.717, 1.165) is 4.90 Å². The number of rotatable bonds is 4. The summed E-state index contributed by atoms with van der Waals surface area (Å²) in [6, 6.07) is 14.5. The van der Waals surface area contributed by atoms with E-state index in [2.05, 4.69) is 24.3 Å². The largest absolute Gasteiger partial charge is 0.465 e. The molecule has 0 amide bonds. The molecule has 0 spiro atoms. The van der Waals surface area contributed by atoms with Crippen molar-refractivity contribution in [2.45, 2.75) is 30.4 Å². The van der Waals surface area contributed by atoms with Gasteiger partial charge in [0.15, 0.2) is 0 Å². The van der Waals surface area contributed by atoms with Gasteiger partial charge < -0.3 is 4.74 Å². The van der Waals surface area contributed by atoms with Crippen LogP contribution in [0.15, 0.2) is 47.4 Å². The molecule has 3 heteroatoms. The van der Waals surface area contributed by atoms with Gasteiger partial charge in [0.25, 0.3) is 0 Å². The smallest absolute Gasteiger partial charge is 0.321 e. The van der Waals surface area contributed by atoms with Crippen molar-refractivity contribution in [3.63, 3.8) is 0 Å². The van der Waals surface area contributed by atoms with E-state index >= 15 is 0 Å². The molecule has 0 aliphatic rings. The molecule has 0 N–H and O–H groups in total. The lowest BCUT2D eigenvalue weighted by atomic mass is 10.1. The van der Waals surface area contributed by atoms with Gasteiger partial charge in [-0.15, -0.1) is 11.8 Å². The molecule has 0 aromatic heterocycles. The highest BCUT2D eigenvalue weighted by Crippen LogP contribution is 2.34. The van der Waals surface area contributed by atoms with Crippen molar-refractivity contribution in [2.24, 2.45) is 0 Å². The summed E-state index contributed by atoms with van der Waals surface area (Å²) in [5, 5.41) is 2.40. The van der Waals surface area contributed by atoms with E-state index in [1.165, 1.54) is 22.5 Å². The fraction of sp³-hybridized carbons (Fsp3) is 0.312. The summed E-state index contributed by atoms with van der Waals surface area (Å²) in [4.78, 5) is 13.0. The molecule has 0 unspecified atom stereocenters. The van der Waals surface area contributed by atoms with Crippen molar-refractivity contribution < 1.29 is 9.53 Å². The molecule has 0 saturated heterocycles. The zero-order chi connectivity index (χ0) is 13.9. The molecule has 100 valence electrons. The van der Waals surface area contributed by atoms with Gasteiger partial charge in [-0.1, -0.05) is 30.3 Å². The summed E-state index contributed by atoms with van der Waals surface area (Å²) in [6.07, 6.45) is 0. The Balaban J connectivity index is 2.23. The van der Waals surface area contributed by atoms with Gasteiger partial charge >= 0.3 is 5.97 Å². The van der Waals surface area contributed by atoms with E-state index in [9.17, 15) is 4.79 Å². The van der Waals surface area contributed by atoms with Crippen LogP contribution in [0.3, 0.4) is 0 Å². The van der Waals surface area contributed by atoms with E-state index in [1.54, 1.807) is 0 Å². The quantitative estimate of drug-likeness (QED) is 0.615. The Bertz CT molecular complexity index is 590. The molecule has 0 heterocycles. The van der Waals surface area contributed by atoms with Gasteiger partial charge in [-0.25, -0.2) is 0 Å². The Labute approximate surface area is 118 Å². The van der Waals surface area contributed by atoms with Gasteiger partial charge in [0.1, 0.15) is 4.75 Å². The topological polar surface area (TPSA) is 26.3 Å². The molecule has 0 aliphatic heterocycles. The van der Waals surface area contributed by atoms with E-state index in [4.69, 9.17) is 4.74 Å². The monoisotopic (exact) mass is 274 g/mol. The van der Waals surface area contributed by atoms with Gasteiger partial charge in [-0.3, -0.25) is 4.79 Å². The molecule has 0 radical (unpaired) electrons. The van der Waals surface area contributed by atoms with Gasteiger partial charge in [-0.2, -0.15) is 0 Å². The van der Waals surface area contributed by atoms with E-state index in [0.29, 0.717) is 6.61 Å². The highest BCUT2D eigenvalue weighted by molar-refractivity contribution is 8.01. The molecular formula is C16H18O2S. The van der Waals surface area contributed by atoms with Gasteiger partial charge in [0, 0.05) is 4.90 Å². The maximum absolute atomic E-state index is 11.9. The minimum absolute atomic E-state index is 0.173. The van der Waals surface area contributed by atoms with Crippen LogP contribution in [-0.4, -0.2) is 17.3 Å². The third-order valence-electron chi connectivity index (χ3n) is 2.86. The number of carbonyl (C=O) groups excluding carboxylic acids is 1. The highest BCUT2D eigenvalue weighted by atomic mass is 32.2. The molecular weight excluding hydrogens is 256 g/mol. The Morgan fingerprint density at radius 1 is 1.16 bits per heavy atom. The lowest BCUT2D eigenvalue weighted by Gasteiger charge is -2.21. The van der Waals surface area contributed by atoms with Crippen LogP contribution in [-0.2, 0) is 9.53 Å². The van der Waals surface area contributed by atoms with Crippen LogP contribution >= 0.6 is 11.8 Å². The maximum atomic E-state index is 11.9. The first-order valence-electron chi connectivity index (χ1n) is 6.38. The lowest BCUT2D eigenvalue weighted by Crippen LogP contribution is -2.29. The molecule has 2 aromatic rings. The van der Waals surface area contributed by atoms with Crippen LogP contribution < -0.4 is 0 Å². The fourth-order valence-corrected chi connectivity index (χ4v) is 2.93. The first-order chi connectivity index (χ1) is 9.03. The average Bonchev–Trinajstić information content (AvgIpc) is 2.38. The number of esters is 1. The molecule has 0 bridgehead atoms. The number of carbonyl (C=O) groups is 1. The fourth-order valence-electron chi connectivity index (χ4n) is 1.87. The maximum Gasteiger partial charge on any atom is 0.321 e. The summed E-state index contributed by atoms with van der Waals surface area (Å²) in [7, 11) is 0. The van der Waals surface area contributed by atoms with Crippen LogP contribution in [0, 0.1) is 0 Å². The Kier molecular flexibility index (Phi) is 4.15. The molecule has 2 aromatic carbocycles. The first-order valence-corrected chi connectivity index (χ1v) is 7.19. The molecule has 2 nitrogen and oxygen atoms in total. The van der Waals surface area contributed by atoms with Crippen molar-refractivity contribution in [2.75, 3.05) is 6.61 Å². The van der Waals surface area contributed by atoms with Gasteiger partial charge in [-0.05, 0) is 43.7 Å². The predicted octanol–water partition coefficient (Wildman–Crippen LogP) is 4.27. The van der Waals surface area contributed by atoms with E-state index in [1.807, 2.05) is 39.0 Å². The second-order valence-electron chi connectivity index (χ2n) is 4.84. The van der Waals surface area contributed by atoms with Crippen LogP contribution in [0.1, 0.15) is 20.8 Å². The first kappa shape index (κ1) is 13.9. The van der Waals surface area contributed by atoms with Crippen LogP contribution in [0.5, 0.6) is 0 Å². The summed E-state index contributed by atoms with van der Waals surface area (Å²) < 4.78 is 4.54. The predicted molar refractivity (Wildman–Crippen MR) is 80.5 cm³/mol. The second kappa shape index (κ2) is 5.66. The molecule has 0 fully saturated rings. The van der Waals surface area contributed by atoms with E-state index < -0.39 is 4.75 Å². The Morgan fingerprint density at radius 2 is 1.84 bits per heavy atom. The van der Waals surface area contributed by atoms with Crippen molar-refractivity contribution >= 4 is 28.5 Å². The normalized spacial score (nSPS) is 11.5. The minimum atomic E-state index is -0.571. The minimum Gasteiger partial charge on any atom is -0.465 e. The lowest BCUT2D eigenvalue weighted by molar-refractivity contribution is -0.145. The summed E-state index contributed by atoms with van der Waals surface area (Å²) in [5.41, 5.74) is 0. The number of hydrogen-bond acceptors (Lipinski definition) is 3. The number of fused-ring (bicyclic) bond motifs is 1. The van der Waals surface area contributed by atoms with Crippen LogP contribution in [0.4, 0.5) is 0 Å². The SMILES string of the molecule is CCOC(=O)C(C)(C)Sc1ccc2ccccc2c1. The second-order valence-corrected chi connectivity index (χ2v) is 6.54. The van der Waals surface area contributed by atoms with Gasteiger partial charge in [0.05, 0.1) is 6.61 Å². The molecule has 0 saturated carbocycles. The van der Waals surface area contributed by atoms with Crippen molar-refractivity contribution in [3.05, 3.63) is 42.5 Å². The van der Waals surface area contributed by atoms with E-state index in [-0.39, 0.29) is 5.97 Å². The highest BCUT2D eigenvalue weighted by Gasteiger charge is 2.30.